The summed E-state index contributed by atoms with van der Waals surface area (Å²) in [7, 11) is 0. The molecule has 0 radical (unpaired) electrons. The number of hydrogen-bond donors (Lipinski definition) is 0. The van der Waals surface area contributed by atoms with E-state index in [2.05, 4.69) is 16.0 Å². The number of nitriles is 1. The van der Waals surface area contributed by atoms with E-state index in [1.165, 1.54) is 17.2 Å². The minimum atomic E-state index is -0.863. The fourth-order valence-electron chi connectivity index (χ4n) is 4.97. The van der Waals surface area contributed by atoms with Crippen molar-refractivity contribution in [2.24, 2.45) is 0 Å². The van der Waals surface area contributed by atoms with Crippen LogP contribution < -0.4 is 9.80 Å². The van der Waals surface area contributed by atoms with Gasteiger partial charge in [0.2, 0.25) is 0 Å². The number of imide groups is 1. The van der Waals surface area contributed by atoms with Gasteiger partial charge in [-0.15, -0.1) is 0 Å². The van der Waals surface area contributed by atoms with E-state index in [1.54, 1.807) is 66.1 Å². The van der Waals surface area contributed by atoms with E-state index in [4.69, 9.17) is 14.5 Å². The summed E-state index contributed by atoms with van der Waals surface area (Å²) >= 11 is 0. The number of carbonyl (C=O) groups is 3. The molecule has 1 aliphatic heterocycles. The molecule has 0 aromatic carbocycles. The summed E-state index contributed by atoms with van der Waals surface area (Å²) in [6.07, 6.45) is 5.20. The second-order valence-electron chi connectivity index (χ2n) is 13.1. The van der Waals surface area contributed by atoms with Gasteiger partial charge in [0.05, 0.1) is 29.6 Å². The van der Waals surface area contributed by atoms with E-state index in [0.717, 1.165) is 28.9 Å². The smallest absolute Gasteiger partial charge is 0.422 e. The molecule has 2 aliphatic rings. The number of nitrogens with zero attached hydrogens (tertiary/aromatic N) is 7. The van der Waals surface area contributed by atoms with Gasteiger partial charge in [-0.25, -0.2) is 29.4 Å². The Morgan fingerprint density at radius 2 is 1.76 bits per heavy atom. The minimum Gasteiger partial charge on any atom is -0.443 e. The molecule has 234 valence electrons. The average Bonchev–Trinajstić information content (AvgIpc) is 3.81. The lowest BCUT2D eigenvalue weighted by Crippen LogP contribution is -2.54. The molecular formula is C33H37N7O5. The number of aromatic nitrogens is 3. The number of ether oxygens (including phenoxy) is 2. The van der Waals surface area contributed by atoms with Crippen molar-refractivity contribution in [3.63, 3.8) is 0 Å². The normalized spacial score (nSPS) is 15.4. The predicted octanol–water partition coefficient (Wildman–Crippen LogP) is 5.94. The average molecular weight is 612 g/mol. The van der Waals surface area contributed by atoms with E-state index in [9.17, 15) is 19.6 Å². The van der Waals surface area contributed by atoms with Crippen LogP contribution in [0.15, 0.2) is 48.9 Å². The number of amides is 3. The third kappa shape index (κ3) is 7.37. The molecule has 5 rings (SSSR count). The quantitative estimate of drug-likeness (QED) is 0.340. The van der Waals surface area contributed by atoms with Gasteiger partial charge in [0.25, 0.3) is 5.91 Å². The second kappa shape index (κ2) is 12.1. The molecule has 0 bridgehead atoms. The summed E-state index contributed by atoms with van der Waals surface area (Å²) in [6, 6.07) is 10.8. The molecule has 45 heavy (non-hydrogen) atoms. The summed E-state index contributed by atoms with van der Waals surface area (Å²) in [4.78, 5) is 58.3. The lowest BCUT2D eigenvalue weighted by atomic mass is 10.0. The standard InChI is InChI=1S/C33H37N7O5/c1-32(2,3)44-30(42)39-15-14-38(20-27(39)41)28-24(22-9-10-22)17-25(23-8-7-12-35-19-23)37-29(28)40(31(43)45-33(4,5)6)26-16-21(18-34)11-13-36-26/h7-8,11-13,16-17,19,22H,9-10,14-15,20H2,1-6H3. The highest BCUT2D eigenvalue weighted by Crippen LogP contribution is 2.49. The molecule has 12 heteroatoms. The molecule has 1 aliphatic carbocycles. The summed E-state index contributed by atoms with van der Waals surface area (Å²) in [6.45, 7) is 10.7. The van der Waals surface area contributed by atoms with Crippen molar-refractivity contribution >= 4 is 35.4 Å². The van der Waals surface area contributed by atoms with E-state index in [-0.39, 0.29) is 37.2 Å². The third-order valence-electron chi connectivity index (χ3n) is 7.02. The monoisotopic (exact) mass is 611 g/mol. The number of piperazine rings is 1. The summed E-state index contributed by atoms with van der Waals surface area (Å²) < 4.78 is 11.3. The highest BCUT2D eigenvalue weighted by molar-refractivity contribution is 6.01. The first-order valence-corrected chi connectivity index (χ1v) is 14.9. The topological polar surface area (TPSA) is 142 Å². The Hall–Kier alpha value is -5.05. The second-order valence-corrected chi connectivity index (χ2v) is 13.1. The molecular weight excluding hydrogens is 574 g/mol. The molecule has 12 nitrogen and oxygen atoms in total. The van der Waals surface area contributed by atoms with Crippen molar-refractivity contribution in [1.82, 2.24) is 19.9 Å². The first kappa shape index (κ1) is 31.4. The number of rotatable bonds is 5. The van der Waals surface area contributed by atoms with Crippen molar-refractivity contribution in [2.45, 2.75) is 71.5 Å². The third-order valence-corrected chi connectivity index (χ3v) is 7.02. The van der Waals surface area contributed by atoms with Gasteiger partial charge < -0.3 is 14.4 Å². The van der Waals surface area contributed by atoms with Crippen molar-refractivity contribution in [1.29, 1.82) is 5.26 Å². The summed E-state index contributed by atoms with van der Waals surface area (Å²) in [5, 5.41) is 9.66. The highest BCUT2D eigenvalue weighted by Gasteiger charge is 2.39. The van der Waals surface area contributed by atoms with Crippen LogP contribution in [0.4, 0.5) is 26.9 Å². The van der Waals surface area contributed by atoms with Crippen molar-refractivity contribution in [2.75, 3.05) is 29.4 Å². The van der Waals surface area contributed by atoms with Crippen LogP contribution in [0.25, 0.3) is 11.3 Å². The Labute approximate surface area is 262 Å². The van der Waals surface area contributed by atoms with E-state index in [0.29, 0.717) is 16.9 Å². The fraction of sp³-hybridized carbons (Fsp3) is 0.424. The Morgan fingerprint density at radius 1 is 1.02 bits per heavy atom. The zero-order chi connectivity index (χ0) is 32.5. The van der Waals surface area contributed by atoms with E-state index < -0.39 is 29.3 Å². The molecule has 3 aromatic heterocycles. The Balaban J connectivity index is 1.69. The summed E-state index contributed by atoms with van der Waals surface area (Å²) in [5.41, 5.74) is 1.46. The van der Waals surface area contributed by atoms with Gasteiger partial charge in [-0.05, 0) is 96.2 Å². The van der Waals surface area contributed by atoms with Gasteiger partial charge in [0.15, 0.2) is 5.82 Å². The van der Waals surface area contributed by atoms with Gasteiger partial charge in [0.1, 0.15) is 17.0 Å². The molecule has 3 aromatic rings. The maximum Gasteiger partial charge on any atom is 0.422 e. The number of pyridine rings is 3. The maximum atomic E-state index is 14.1. The number of anilines is 3. The van der Waals surface area contributed by atoms with Crippen LogP contribution in [0.3, 0.4) is 0 Å². The molecule has 1 saturated carbocycles. The van der Waals surface area contributed by atoms with Gasteiger partial charge in [-0.1, -0.05) is 0 Å². The lowest BCUT2D eigenvalue weighted by molar-refractivity contribution is -0.130. The highest BCUT2D eigenvalue weighted by atomic mass is 16.6. The molecule has 4 heterocycles. The first-order valence-electron chi connectivity index (χ1n) is 14.9. The largest absolute Gasteiger partial charge is 0.443 e. The van der Waals surface area contributed by atoms with Crippen molar-refractivity contribution < 1.29 is 23.9 Å². The van der Waals surface area contributed by atoms with Crippen LogP contribution in [0.1, 0.15) is 71.4 Å². The van der Waals surface area contributed by atoms with Crippen molar-refractivity contribution in [3.8, 4) is 17.3 Å². The molecule has 0 N–H and O–H groups in total. The van der Waals surface area contributed by atoms with Gasteiger partial charge in [-0.3, -0.25) is 9.78 Å². The van der Waals surface area contributed by atoms with E-state index >= 15 is 0 Å². The fourth-order valence-corrected chi connectivity index (χ4v) is 4.97. The lowest BCUT2D eigenvalue weighted by Gasteiger charge is -2.38. The number of carbonyl (C=O) groups excluding carboxylic acids is 3. The van der Waals surface area contributed by atoms with Gasteiger partial charge in [0, 0.05) is 37.2 Å². The molecule has 0 atom stereocenters. The Kier molecular flexibility index (Phi) is 8.47. The zero-order valence-electron chi connectivity index (χ0n) is 26.4. The Morgan fingerprint density at radius 3 is 2.36 bits per heavy atom. The molecule has 0 spiro atoms. The van der Waals surface area contributed by atoms with E-state index in [1.807, 2.05) is 17.0 Å². The summed E-state index contributed by atoms with van der Waals surface area (Å²) in [5.74, 6) is 0.0671. The van der Waals surface area contributed by atoms with Crippen LogP contribution in [-0.2, 0) is 14.3 Å². The molecule has 3 amide bonds. The first-order chi connectivity index (χ1) is 21.2. The van der Waals surface area contributed by atoms with Crippen LogP contribution in [-0.4, -0.2) is 68.8 Å². The molecule has 1 saturated heterocycles. The maximum absolute atomic E-state index is 14.1. The number of hydrogen-bond acceptors (Lipinski definition) is 10. The Bertz CT molecular complexity index is 1650. The molecule has 2 fully saturated rings. The van der Waals surface area contributed by atoms with Crippen molar-refractivity contribution in [3.05, 3.63) is 60.0 Å². The predicted molar refractivity (Wildman–Crippen MR) is 167 cm³/mol. The minimum absolute atomic E-state index is 0.0796. The van der Waals surface area contributed by atoms with Crippen LogP contribution in [0.2, 0.25) is 0 Å². The van der Waals surface area contributed by atoms with Crippen LogP contribution >= 0.6 is 0 Å². The van der Waals surface area contributed by atoms with Gasteiger partial charge >= 0.3 is 12.2 Å². The van der Waals surface area contributed by atoms with Crippen LogP contribution in [0.5, 0.6) is 0 Å². The van der Waals surface area contributed by atoms with Crippen LogP contribution in [0, 0.1) is 11.3 Å². The van der Waals surface area contributed by atoms with Gasteiger partial charge in [-0.2, -0.15) is 5.26 Å². The molecule has 0 unspecified atom stereocenters. The zero-order valence-corrected chi connectivity index (χ0v) is 26.4. The SMILES string of the molecule is CC(C)(C)OC(=O)N1CCN(c2c(C3CC3)cc(-c3cccnc3)nc2N(C(=O)OC(C)(C)C)c2cc(C#N)ccn2)CC1=O.